The summed E-state index contributed by atoms with van der Waals surface area (Å²) in [5.74, 6) is 0.234. The van der Waals surface area contributed by atoms with Crippen molar-refractivity contribution >= 4 is 0 Å². The van der Waals surface area contributed by atoms with Gasteiger partial charge >= 0.3 is 6.18 Å². The van der Waals surface area contributed by atoms with Crippen LogP contribution in [0.2, 0.25) is 0 Å². The monoisotopic (exact) mass is 193 g/mol. The van der Waals surface area contributed by atoms with Crippen molar-refractivity contribution in [2.75, 3.05) is 0 Å². The van der Waals surface area contributed by atoms with E-state index < -0.39 is 12.2 Å². The van der Waals surface area contributed by atoms with Crippen LogP contribution in [0.25, 0.3) is 0 Å². The second-order valence-electron chi connectivity index (χ2n) is 2.91. The molecule has 1 aromatic heterocycles. The number of halogens is 3. The molecular weight excluding hydrogens is 183 g/mol. The topological polar surface area (TPSA) is 39.2 Å². The van der Waals surface area contributed by atoms with Gasteiger partial charge in [0.05, 0.1) is 0 Å². The van der Waals surface area contributed by atoms with Gasteiger partial charge in [0.1, 0.15) is 11.5 Å². The molecule has 0 saturated heterocycles. The maximum Gasteiger partial charge on any atom is 0.410 e. The van der Waals surface area contributed by atoms with Gasteiger partial charge in [-0.25, -0.2) is 0 Å². The van der Waals surface area contributed by atoms with Gasteiger partial charge in [-0.3, -0.25) is 0 Å². The minimum Gasteiger partial charge on any atom is -0.464 e. The first-order valence-electron chi connectivity index (χ1n) is 3.71. The molecule has 2 nitrogen and oxygen atoms in total. The van der Waals surface area contributed by atoms with E-state index in [0.29, 0.717) is 11.3 Å². The van der Waals surface area contributed by atoms with Crippen molar-refractivity contribution in [3.63, 3.8) is 0 Å². The Hall–Kier alpha value is -0.970. The molecule has 13 heavy (non-hydrogen) atoms. The number of hydrogen-bond donors (Lipinski definition) is 1. The van der Waals surface area contributed by atoms with Crippen LogP contribution in [-0.4, -0.2) is 6.18 Å². The minimum atomic E-state index is -4.45. The van der Waals surface area contributed by atoms with Gasteiger partial charge in [0.15, 0.2) is 6.04 Å². The van der Waals surface area contributed by atoms with Crippen LogP contribution in [0, 0.1) is 13.8 Å². The Balaban J connectivity index is 2.96. The zero-order chi connectivity index (χ0) is 10.2. The molecule has 1 aromatic rings. The van der Waals surface area contributed by atoms with Crippen molar-refractivity contribution in [1.82, 2.24) is 0 Å². The maximum atomic E-state index is 12.1. The summed E-state index contributed by atoms with van der Waals surface area (Å²) < 4.78 is 41.1. The number of nitrogens with two attached hydrogens (primary N) is 1. The Kier molecular flexibility index (Phi) is 2.38. The zero-order valence-corrected chi connectivity index (χ0v) is 7.27. The van der Waals surface area contributed by atoms with Gasteiger partial charge in [0.25, 0.3) is 0 Å². The Bertz CT molecular complexity index is 283. The smallest absolute Gasteiger partial charge is 0.410 e. The Morgan fingerprint density at radius 2 is 1.92 bits per heavy atom. The molecule has 0 saturated carbocycles. The summed E-state index contributed by atoms with van der Waals surface area (Å²) in [4.78, 5) is 0. The van der Waals surface area contributed by atoms with E-state index in [2.05, 4.69) is 0 Å². The fourth-order valence-corrected chi connectivity index (χ4v) is 0.916. The van der Waals surface area contributed by atoms with E-state index in [-0.39, 0.29) is 5.76 Å². The summed E-state index contributed by atoms with van der Waals surface area (Å²) in [6.07, 6.45) is -4.45. The maximum absolute atomic E-state index is 12.1. The lowest BCUT2D eigenvalue weighted by Gasteiger charge is -2.12. The van der Waals surface area contributed by atoms with E-state index >= 15 is 0 Å². The second-order valence-corrected chi connectivity index (χ2v) is 2.91. The molecule has 1 heterocycles. The fraction of sp³-hybridized carbons (Fsp3) is 0.500. The molecule has 0 aromatic carbocycles. The summed E-state index contributed by atoms with van der Waals surface area (Å²) in [5, 5.41) is 0. The van der Waals surface area contributed by atoms with Crippen LogP contribution in [0.1, 0.15) is 23.1 Å². The largest absolute Gasteiger partial charge is 0.464 e. The Labute approximate surface area is 73.5 Å². The van der Waals surface area contributed by atoms with Gasteiger partial charge in [-0.15, -0.1) is 0 Å². The molecule has 0 aliphatic rings. The highest BCUT2D eigenvalue weighted by atomic mass is 19.4. The lowest BCUT2D eigenvalue weighted by atomic mass is 10.2. The van der Waals surface area contributed by atoms with Crippen LogP contribution in [0.5, 0.6) is 0 Å². The summed E-state index contributed by atoms with van der Waals surface area (Å²) in [6.45, 7) is 3.27. The molecule has 0 radical (unpaired) electrons. The predicted octanol–water partition coefficient (Wildman–Crippen LogP) is 2.46. The summed E-state index contributed by atoms with van der Waals surface area (Å²) in [6, 6.07) is -0.715. The van der Waals surface area contributed by atoms with Crippen LogP contribution in [0.4, 0.5) is 13.2 Å². The van der Waals surface area contributed by atoms with Gasteiger partial charge in [0, 0.05) is 0 Å². The second kappa shape index (κ2) is 3.06. The van der Waals surface area contributed by atoms with E-state index in [1.165, 1.54) is 6.07 Å². The Morgan fingerprint density at radius 1 is 1.38 bits per heavy atom. The van der Waals surface area contributed by atoms with Crippen molar-refractivity contribution in [1.29, 1.82) is 0 Å². The van der Waals surface area contributed by atoms with Crippen molar-refractivity contribution in [3.8, 4) is 0 Å². The third kappa shape index (κ3) is 2.03. The molecule has 1 atom stereocenters. The standard InChI is InChI=1S/C8H10F3NO/c1-4-3-6(13-5(4)2)7(12)8(9,10)11/h3,7H,12H2,1-2H3. The first-order valence-corrected chi connectivity index (χ1v) is 3.71. The molecule has 0 aliphatic heterocycles. The number of rotatable bonds is 1. The van der Waals surface area contributed by atoms with E-state index in [4.69, 9.17) is 10.2 Å². The third-order valence-corrected chi connectivity index (χ3v) is 1.84. The Morgan fingerprint density at radius 3 is 2.23 bits per heavy atom. The average molecular weight is 193 g/mol. The molecule has 1 unspecified atom stereocenters. The minimum absolute atomic E-state index is 0.234. The molecule has 74 valence electrons. The van der Waals surface area contributed by atoms with Gasteiger partial charge < -0.3 is 10.2 Å². The highest BCUT2D eigenvalue weighted by Crippen LogP contribution is 2.32. The van der Waals surface area contributed by atoms with Gasteiger partial charge in [-0.1, -0.05) is 0 Å². The van der Waals surface area contributed by atoms with E-state index in [1.807, 2.05) is 0 Å². The van der Waals surface area contributed by atoms with Crippen molar-refractivity contribution in [3.05, 3.63) is 23.2 Å². The third-order valence-electron chi connectivity index (χ3n) is 1.84. The van der Waals surface area contributed by atoms with Crippen molar-refractivity contribution in [2.24, 2.45) is 5.73 Å². The number of hydrogen-bond acceptors (Lipinski definition) is 2. The molecule has 0 spiro atoms. The molecule has 0 bridgehead atoms. The van der Waals surface area contributed by atoms with Crippen LogP contribution < -0.4 is 5.73 Å². The van der Waals surface area contributed by atoms with Crippen LogP contribution in [-0.2, 0) is 0 Å². The first kappa shape index (κ1) is 10.1. The van der Waals surface area contributed by atoms with Crippen LogP contribution in [0.15, 0.2) is 10.5 Å². The summed E-state index contributed by atoms with van der Waals surface area (Å²) in [7, 11) is 0. The van der Waals surface area contributed by atoms with Crippen molar-refractivity contribution < 1.29 is 17.6 Å². The van der Waals surface area contributed by atoms with Gasteiger partial charge in [0.2, 0.25) is 0 Å². The molecule has 1 rings (SSSR count). The highest BCUT2D eigenvalue weighted by Gasteiger charge is 2.40. The van der Waals surface area contributed by atoms with E-state index in [0.717, 1.165) is 0 Å². The zero-order valence-electron chi connectivity index (χ0n) is 7.27. The molecule has 5 heteroatoms. The van der Waals surface area contributed by atoms with Gasteiger partial charge in [-0.05, 0) is 25.5 Å². The molecule has 0 amide bonds. The lowest BCUT2D eigenvalue weighted by molar-refractivity contribution is -0.152. The van der Waals surface area contributed by atoms with Crippen molar-refractivity contribution in [2.45, 2.75) is 26.1 Å². The molecule has 2 N–H and O–H groups in total. The van der Waals surface area contributed by atoms with E-state index in [9.17, 15) is 13.2 Å². The molecular formula is C8H10F3NO. The number of furan rings is 1. The lowest BCUT2D eigenvalue weighted by Crippen LogP contribution is -2.27. The predicted molar refractivity (Wildman–Crippen MR) is 41.2 cm³/mol. The molecule has 0 aliphatic carbocycles. The molecule has 0 fully saturated rings. The average Bonchev–Trinajstić information content (AvgIpc) is 2.29. The normalized spacial score (nSPS) is 14.6. The summed E-state index contributed by atoms with van der Waals surface area (Å²) >= 11 is 0. The van der Waals surface area contributed by atoms with Gasteiger partial charge in [-0.2, -0.15) is 13.2 Å². The van der Waals surface area contributed by atoms with Crippen LogP contribution >= 0.6 is 0 Å². The number of alkyl halides is 3. The summed E-state index contributed by atoms with van der Waals surface area (Å²) in [5.41, 5.74) is 5.61. The number of aryl methyl sites for hydroxylation is 2. The van der Waals surface area contributed by atoms with E-state index in [1.54, 1.807) is 13.8 Å². The fourth-order valence-electron chi connectivity index (χ4n) is 0.916. The quantitative estimate of drug-likeness (QED) is 0.744. The highest BCUT2D eigenvalue weighted by molar-refractivity contribution is 5.21. The van der Waals surface area contributed by atoms with Crippen LogP contribution in [0.3, 0.4) is 0 Å². The SMILES string of the molecule is Cc1cc(C(N)C(F)(F)F)oc1C. The first-order chi connectivity index (χ1) is 5.82.